The molecule has 18 heavy (non-hydrogen) atoms. The molecule has 0 saturated heterocycles. The van der Waals surface area contributed by atoms with E-state index >= 15 is 0 Å². The summed E-state index contributed by atoms with van der Waals surface area (Å²) in [6.45, 7) is 9.51. The van der Waals surface area contributed by atoms with Gasteiger partial charge >= 0.3 is 0 Å². The molecule has 1 aromatic heterocycles. The smallest absolute Gasteiger partial charge is 0.0587 e. The molecule has 1 aliphatic rings. The molecule has 1 heterocycles. The minimum absolute atomic E-state index is 0.386. The second-order valence-electron chi connectivity index (χ2n) is 5.84. The van der Waals surface area contributed by atoms with Crippen LogP contribution >= 0.6 is 0 Å². The van der Waals surface area contributed by atoms with Crippen molar-refractivity contribution in [2.24, 2.45) is 11.3 Å². The van der Waals surface area contributed by atoms with Crippen LogP contribution in [0, 0.1) is 18.3 Å². The van der Waals surface area contributed by atoms with Gasteiger partial charge in [0.25, 0.3) is 0 Å². The Bertz CT molecular complexity index is 386. The monoisotopic (exact) mass is 248 g/mol. The molecule has 1 N–H and O–H groups in total. The summed E-state index contributed by atoms with van der Waals surface area (Å²) in [6.07, 6.45) is 2.04. The molecule has 2 unspecified atom stereocenters. The van der Waals surface area contributed by atoms with E-state index in [9.17, 15) is 0 Å². The lowest BCUT2D eigenvalue weighted by atomic mass is 10.0. The first-order valence-electron chi connectivity index (χ1n) is 6.69. The summed E-state index contributed by atoms with van der Waals surface area (Å²) in [5.41, 5.74) is 2.85. The Labute approximate surface area is 110 Å². The average Bonchev–Trinajstić information content (AvgIpc) is 2.88. The molecule has 2 rings (SSSR count). The summed E-state index contributed by atoms with van der Waals surface area (Å²) < 4.78 is 5.05. The van der Waals surface area contributed by atoms with E-state index in [1.807, 2.05) is 13.1 Å². The van der Waals surface area contributed by atoms with Gasteiger partial charge in [-0.05, 0) is 42.3 Å². The molecular weight excluding hydrogens is 224 g/mol. The lowest BCUT2D eigenvalue weighted by molar-refractivity contribution is 0.198. The molecule has 3 nitrogen and oxygen atoms in total. The zero-order valence-electron chi connectivity index (χ0n) is 11.9. The standard InChI is InChI=1S/C15H24N2O/c1-11-5-6-12(9-17-11)14-13(15(14,2)3)10-16-7-8-18-4/h5-6,9,13-14,16H,7-8,10H2,1-4H3. The molecule has 0 bridgehead atoms. The van der Waals surface area contributed by atoms with Gasteiger partial charge in [0.15, 0.2) is 0 Å². The summed E-state index contributed by atoms with van der Waals surface area (Å²) in [5, 5.41) is 3.47. The number of methoxy groups -OCH3 is 1. The van der Waals surface area contributed by atoms with Crippen molar-refractivity contribution >= 4 is 0 Å². The van der Waals surface area contributed by atoms with Crippen LogP contribution in [0.2, 0.25) is 0 Å². The largest absolute Gasteiger partial charge is 0.383 e. The van der Waals surface area contributed by atoms with Gasteiger partial charge in [-0.3, -0.25) is 4.98 Å². The zero-order valence-corrected chi connectivity index (χ0v) is 11.9. The van der Waals surface area contributed by atoms with E-state index in [0.29, 0.717) is 17.3 Å². The normalized spacial score (nSPS) is 25.1. The molecule has 1 aromatic rings. The fraction of sp³-hybridized carbons (Fsp3) is 0.667. The van der Waals surface area contributed by atoms with E-state index in [1.54, 1.807) is 7.11 Å². The number of ether oxygens (including phenoxy) is 1. The van der Waals surface area contributed by atoms with Gasteiger partial charge in [-0.1, -0.05) is 19.9 Å². The summed E-state index contributed by atoms with van der Waals surface area (Å²) in [7, 11) is 1.74. The SMILES string of the molecule is COCCNCC1C(c2ccc(C)nc2)C1(C)C. The van der Waals surface area contributed by atoms with Crippen molar-refractivity contribution in [1.29, 1.82) is 0 Å². The van der Waals surface area contributed by atoms with Crippen molar-refractivity contribution in [1.82, 2.24) is 10.3 Å². The fourth-order valence-electron chi connectivity index (χ4n) is 2.88. The lowest BCUT2D eigenvalue weighted by Gasteiger charge is -2.04. The van der Waals surface area contributed by atoms with Crippen LogP contribution in [0.3, 0.4) is 0 Å². The molecule has 0 aliphatic heterocycles. The Morgan fingerprint density at radius 1 is 1.39 bits per heavy atom. The van der Waals surface area contributed by atoms with Crippen molar-refractivity contribution < 1.29 is 4.74 Å². The Balaban J connectivity index is 1.91. The second-order valence-corrected chi connectivity index (χ2v) is 5.84. The lowest BCUT2D eigenvalue weighted by Crippen LogP contribution is -2.22. The van der Waals surface area contributed by atoms with Gasteiger partial charge in [0.2, 0.25) is 0 Å². The maximum absolute atomic E-state index is 5.05. The average molecular weight is 248 g/mol. The Morgan fingerprint density at radius 2 is 2.17 bits per heavy atom. The molecule has 0 aromatic carbocycles. The van der Waals surface area contributed by atoms with Crippen LogP contribution in [0.1, 0.15) is 31.0 Å². The number of hydrogen-bond donors (Lipinski definition) is 1. The van der Waals surface area contributed by atoms with E-state index in [0.717, 1.165) is 25.4 Å². The topological polar surface area (TPSA) is 34.1 Å². The van der Waals surface area contributed by atoms with Crippen molar-refractivity contribution in [3.8, 4) is 0 Å². The number of aromatic nitrogens is 1. The fourth-order valence-corrected chi connectivity index (χ4v) is 2.88. The van der Waals surface area contributed by atoms with E-state index in [2.05, 4.69) is 36.3 Å². The molecule has 1 fully saturated rings. The molecule has 1 aliphatic carbocycles. The third-order valence-electron chi connectivity index (χ3n) is 4.19. The summed E-state index contributed by atoms with van der Waals surface area (Å²) in [4.78, 5) is 4.41. The summed E-state index contributed by atoms with van der Waals surface area (Å²) in [6, 6.07) is 4.34. The highest BCUT2D eigenvalue weighted by atomic mass is 16.5. The van der Waals surface area contributed by atoms with Gasteiger partial charge in [-0.15, -0.1) is 0 Å². The highest BCUT2D eigenvalue weighted by Gasteiger charge is 2.57. The predicted octanol–water partition coefficient (Wildman–Crippen LogP) is 2.37. The van der Waals surface area contributed by atoms with Gasteiger partial charge < -0.3 is 10.1 Å². The number of rotatable bonds is 6. The quantitative estimate of drug-likeness (QED) is 0.785. The third kappa shape index (κ3) is 2.73. The highest BCUT2D eigenvalue weighted by Crippen LogP contribution is 2.63. The first-order chi connectivity index (χ1) is 8.57. The van der Waals surface area contributed by atoms with Crippen molar-refractivity contribution in [2.75, 3.05) is 26.8 Å². The van der Waals surface area contributed by atoms with Crippen LogP contribution in [-0.4, -0.2) is 31.8 Å². The minimum Gasteiger partial charge on any atom is -0.383 e. The minimum atomic E-state index is 0.386. The van der Waals surface area contributed by atoms with Crippen LogP contribution in [0.15, 0.2) is 18.3 Å². The van der Waals surface area contributed by atoms with E-state index in [-0.39, 0.29) is 0 Å². The van der Waals surface area contributed by atoms with Crippen molar-refractivity contribution in [3.05, 3.63) is 29.6 Å². The van der Waals surface area contributed by atoms with E-state index < -0.39 is 0 Å². The Morgan fingerprint density at radius 3 is 2.78 bits per heavy atom. The second kappa shape index (κ2) is 5.37. The van der Waals surface area contributed by atoms with E-state index in [1.165, 1.54) is 5.56 Å². The number of nitrogens with one attached hydrogen (secondary N) is 1. The third-order valence-corrected chi connectivity index (χ3v) is 4.19. The number of aryl methyl sites for hydroxylation is 1. The number of hydrogen-bond acceptors (Lipinski definition) is 3. The number of pyridine rings is 1. The van der Waals surface area contributed by atoms with Crippen LogP contribution in [0.5, 0.6) is 0 Å². The van der Waals surface area contributed by atoms with Crippen LogP contribution < -0.4 is 5.32 Å². The van der Waals surface area contributed by atoms with E-state index in [4.69, 9.17) is 4.74 Å². The summed E-state index contributed by atoms with van der Waals surface area (Å²) >= 11 is 0. The highest BCUT2D eigenvalue weighted by molar-refractivity contribution is 5.30. The van der Waals surface area contributed by atoms with Gasteiger partial charge in [0.05, 0.1) is 6.61 Å². The van der Waals surface area contributed by atoms with Gasteiger partial charge in [-0.2, -0.15) is 0 Å². The maximum atomic E-state index is 5.05. The Hall–Kier alpha value is -0.930. The van der Waals surface area contributed by atoms with Gasteiger partial charge in [0.1, 0.15) is 0 Å². The molecule has 2 atom stereocenters. The zero-order chi connectivity index (χ0) is 13.2. The first-order valence-corrected chi connectivity index (χ1v) is 6.69. The first kappa shape index (κ1) is 13.5. The number of nitrogens with zero attached hydrogens (tertiary/aromatic N) is 1. The predicted molar refractivity (Wildman–Crippen MR) is 73.7 cm³/mol. The van der Waals surface area contributed by atoms with Crippen molar-refractivity contribution in [2.45, 2.75) is 26.7 Å². The molecule has 1 saturated carbocycles. The molecule has 0 spiro atoms. The molecular formula is C15H24N2O. The van der Waals surface area contributed by atoms with Crippen molar-refractivity contribution in [3.63, 3.8) is 0 Å². The maximum Gasteiger partial charge on any atom is 0.0587 e. The van der Waals surface area contributed by atoms with Crippen LogP contribution in [-0.2, 0) is 4.74 Å². The molecule has 100 valence electrons. The Kier molecular flexibility index (Phi) is 4.03. The summed E-state index contributed by atoms with van der Waals surface area (Å²) in [5.74, 6) is 1.35. The van der Waals surface area contributed by atoms with Crippen LogP contribution in [0.4, 0.5) is 0 Å². The molecule has 0 radical (unpaired) electrons. The van der Waals surface area contributed by atoms with Gasteiger partial charge in [0, 0.05) is 25.5 Å². The van der Waals surface area contributed by atoms with Gasteiger partial charge in [-0.25, -0.2) is 0 Å². The molecule has 3 heteroatoms. The molecule has 0 amide bonds. The van der Waals surface area contributed by atoms with Crippen LogP contribution in [0.25, 0.3) is 0 Å².